The molecule has 0 amide bonds. The molecule has 0 fully saturated rings. The minimum Gasteiger partial charge on any atom is -0.302 e. The standard InChI is InChI=1S/C22H27N/c1-4-5-16-22-19(2)11-9-14-21(22)15-10-17-23(3)18-20-12-7-6-8-13-20/h4-9,11-14,16H,1,10,15,17-18H2,2-3H3/b16-5-. The molecule has 1 nitrogen and oxygen atoms in total. The van der Waals surface area contributed by atoms with Gasteiger partial charge in [0.05, 0.1) is 0 Å². The summed E-state index contributed by atoms with van der Waals surface area (Å²) in [4.78, 5) is 2.39. The van der Waals surface area contributed by atoms with E-state index in [-0.39, 0.29) is 0 Å². The normalized spacial score (nSPS) is 11.3. The number of nitrogens with zero attached hydrogens (tertiary/aromatic N) is 1. The summed E-state index contributed by atoms with van der Waals surface area (Å²) in [7, 11) is 2.20. The van der Waals surface area contributed by atoms with Crippen LogP contribution < -0.4 is 0 Å². The van der Waals surface area contributed by atoms with E-state index in [4.69, 9.17) is 0 Å². The quantitative estimate of drug-likeness (QED) is 0.601. The lowest BCUT2D eigenvalue weighted by Crippen LogP contribution is -2.19. The molecule has 0 unspecified atom stereocenters. The molecule has 0 aliphatic carbocycles. The summed E-state index contributed by atoms with van der Waals surface area (Å²) in [5, 5.41) is 0. The zero-order valence-electron chi connectivity index (χ0n) is 14.3. The van der Waals surface area contributed by atoms with E-state index in [1.807, 2.05) is 12.2 Å². The van der Waals surface area contributed by atoms with Gasteiger partial charge in [-0.3, -0.25) is 0 Å². The molecule has 2 aromatic rings. The Morgan fingerprint density at radius 1 is 1.04 bits per heavy atom. The maximum atomic E-state index is 3.77. The van der Waals surface area contributed by atoms with E-state index >= 15 is 0 Å². The van der Waals surface area contributed by atoms with E-state index in [0.717, 1.165) is 19.5 Å². The van der Waals surface area contributed by atoms with Crippen molar-refractivity contribution in [1.82, 2.24) is 4.90 Å². The number of benzene rings is 2. The fourth-order valence-electron chi connectivity index (χ4n) is 2.88. The SMILES string of the molecule is C=C/C=C\c1c(C)cccc1CCCN(C)Cc1ccccc1. The second kappa shape index (κ2) is 9.12. The van der Waals surface area contributed by atoms with Crippen molar-refractivity contribution < 1.29 is 0 Å². The van der Waals surface area contributed by atoms with Gasteiger partial charge in [0.15, 0.2) is 0 Å². The molecule has 0 saturated carbocycles. The van der Waals surface area contributed by atoms with Crippen LogP contribution in [0.15, 0.2) is 67.3 Å². The highest BCUT2D eigenvalue weighted by molar-refractivity contribution is 5.59. The van der Waals surface area contributed by atoms with Gasteiger partial charge >= 0.3 is 0 Å². The summed E-state index contributed by atoms with van der Waals surface area (Å²) in [6.45, 7) is 8.06. The van der Waals surface area contributed by atoms with E-state index in [1.54, 1.807) is 0 Å². The second-order valence-electron chi connectivity index (χ2n) is 6.07. The van der Waals surface area contributed by atoms with Crippen LogP contribution in [0.5, 0.6) is 0 Å². The lowest BCUT2D eigenvalue weighted by atomic mass is 9.98. The zero-order chi connectivity index (χ0) is 16.5. The van der Waals surface area contributed by atoms with Crippen LogP contribution in [0.25, 0.3) is 6.08 Å². The second-order valence-corrected chi connectivity index (χ2v) is 6.07. The van der Waals surface area contributed by atoms with Crippen molar-refractivity contribution in [3.05, 3.63) is 89.5 Å². The lowest BCUT2D eigenvalue weighted by Gasteiger charge is -2.17. The van der Waals surface area contributed by atoms with E-state index in [0.29, 0.717) is 0 Å². The van der Waals surface area contributed by atoms with Gasteiger partial charge in [-0.2, -0.15) is 0 Å². The largest absolute Gasteiger partial charge is 0.302 e. The highest BCUT2D eigenvalue weighted by Crippen LogP contribution is 2.18. The number of aryl methyl sites for hydroxylation is 2. The van der Waals surface area contributed by atoms with Crippen molar-refractivity contribution in [1.29, 1.82) is 0 Å². The topological polar surface area (TPSA) is 3.24 Å². The lowest BCUT2D eigenvalue weighted by molar-refractivity contribution is 0.322. The van der Waals surface area contributed by atoms with Crippen molar-refractivity contribution in [2.75, 3.05) is 13.6 Å². The molecule has 2 rings (SSSR count). The highest BCUT2D eigenvalue weighted by atomic mass is 15.1. The van der Waals surface area contributed by atoms with Gasteiger partial charge in [-0.05, 0) is 55.6 Å². The van der Waals surface area contributed by atoms with Crippen LogP contribution >= 0.6 is 0 Å². The Hall–Kier alpha value is -2.12. The summed E-state index contributed by atoms with van der Waals surface area (Å²) in [6.07, 6.45) is 8.31. The van der Waals surface area contributed by atoms with Gasteiger partial charge in [0, 0.05) is 6.54 Å². The predicted octanol–water partition coefficient (Wildman–Crippen LogP) is 5.26. The van der Waals surface area contributed by atoms with Gasteiger partial charge in [-0.25, -0.2) is 0 Å². The summed E-state index contributed by atoms with van der Waals surface area (Å²) in [6, 6.07) is 17.2. The molecule has 0 aliphatic heterocycles. The van der Waals surface area contributed by atoms with Crippen LogP contribution in [0.3, 0.4) is 0 Å². The van der Waals surface area contributed by atoms with Crippen LogP contribution in [0, 0.1) is 6.92 Å². The molecular weight excluding hydrogens is 278 g/mol. The Morgan fingerprint density at radius 2 is 1.83 bits per heavy atom. The average molecular weight is 305 g/mol. The van der Waals surface area contributed by atoms with Crippen LogP contribution in [0.4, 0.5) is 0 Å². The van der Waals surface area contributed by atoms with Crippen LogP contribution in [-0.4, -0.2) is 18.5 Å². The third kappa shape index (κ3) is 5.54. The first-order valence-corrected chi connectivity index (χ1v) is 8.31. The fourth-order valence-corrected chi connectivity index (χ4v) is 2.88. The van der Waals surface area contributed by atoms with Gasteiger partial charge in [0.2, 0.25) is 0 Å². The van der Waals surface area contributed by atoms with Crippen molar-refractivity contribution >= 4 is 6.08 Å². The maximum Gasteiger partial charge on any atom is 0.0230 e. The molecule has 0 atom stereocenters. The van der Waals surface area contributed by atoms with E-state index in [9.17, 15) is 0 Å². The minimum absolute atomic E-state index is 1.01. The summed E-state index contributed by atoms with van der Waals surface area (Å²) in [5.74, 6) is 0. The molecule has 0 aromatic heterocycles. The summed E-state index contributed by atoms with van der Waals surface area (Å²) >= 11 is 0. The van der Waals surface area contributed by atoms with Crippen molar-refractivity contribution in [2.24, 2.45) is 0 Å². The third-order valence-corrected chi connectivity index (χ3v) is 4.09. The predicted molar refractivity (Wildman–Crippen MR) is 102 cm³/mol. The molecule has 0 bridgehead atoms. The molecule has 1 heteroatoms. The Labute approximate surface area is 141 Å². The monoisotopic (exact) mass is 305 g/mol. The molecule has 0 spiro atoms. The Morgan fingerprint density at radius 3 is 2.57 bits per heavy atom. The Kier molecular flexibility index (Phi) is 6.83. The van der Waals surface area contributed by atoms with Gasteiger partial charge in [-0.15, -0.1) is 0 Å². The van der Waals surface area contributed by atoms with Gasteiger partial charge in [0.1, 0.15) is 0 Å². The average Bonchev–Trinajstić information content (AvgIpc) is 2.55. The molecule has 0 N–H and O–H groups in total. The number of hydrogen-bond donors (Lipinski definition) is 0. The Balaban J connectivity index is 1.90. The van der Waals surface area contributed by atoms with Gasteiger partial charge in [-0.1, -0.05) is 73.3 Å². The zero-order valence-corrected chi connectivity index (χ0v) is 14.3. The molecule has 120 valence electrons. The molecule has 23 heavy (non-hydrogen) atoms. The maximum absolute atomic E-state index is 3.77. The fraction of sp³-hybridized carbons (Fsp3) is 0.273. The number of hydrogen-bond acceptors (Lipinski definition) is 1. The molecular formula is C22H27N. The van der Waals surface area contributed by atoms with Crippen molar-refractivity contribution in [3.8, 4) is 0 Å². The van der Waals surface area contributed by atoms with Crippen LogP contribution in [0.1, 0.15) is 28.7 Å². The van der Waals surface area contributed by atoms with Gasteiger partial charge in [0.25, 0.3) is 0 Å². The van der Waals surface area contributed by atoms with Crippen molar-refractivity contribution in [2.45, 2.75) is 26.3 Å². The summed E-state index contributed by atoms with van der Waals surface area (Å²) < 4.78 is 0. The molecule has 0 saturated heterocycles. The molecule has 0 heterocycles. The van der Waals surface area contributed by atoms with E-state index < -0.39 is 0 Å². The molecule has 2 aromatic carbocycles. The first-order valence-electron chi connectivity index (χ1n) is 8.31. The molecule has 0 radical (unpaired) electrons. The van der Waals surface area contributed by atoms with Crippen LogP contribution in [0.2, 0.25) is 0 Å². The van der Waals surface area contributed by atoms with E-state index in [2.05, 4.69) is 80.1 Å². The summed E-state index contributed by atoms with van der Waals surface area (Å²) in [5.41, 5.74) is 5.48. The van der Waals surface area contributed by atoms with Gasteiger partial charge < -0.3 is 4.90 Å². The smallest absolute Gasteiger partial charge is 0.0230 e. The first-order chi connectivity index (χ1) is 11.2. The number of rotatable bonds is 8. The number of allylic oxidation sites excluding steroid dienone is 2. The van der Waals surface area contributed by atoms with E-state index in [1.165, 1.54) is 28.7 Å². The Bertz CT molecular complexity index is 640. The first kappa shape index (κ1) is 17.2. The van der Waals surface area contributed by atoms with Crippen LogP contribution in [-0.2, 0) is 13.0 Å². The van der Waals surface area contributed by atoms with Crippen molar-refractivity contribution in [3.63, 3.8) is 0 Å². The third-order valence-electron chi connectivity index (χ3n) is 4.09. The molecule has 0 aliphatic rings. The highest BCUT2D eigenvalue weighted by Gasteiger charge is 2.04. The minimum atomic E-state index is 1.01.